The predicted molar refractivity (Wildman–Crippen MR) is 61.9 cm³/mol. The summed E-state index contributed by atoms with van der Waals surface area (Å²) in [6, 6.07) is 0. The highest BCUT2D eigenvalue weighted by Crippen LogP contribution is 2.47. The molecule has 0 saturated heterocycles. The summed E-state index contributed by atoms with van der Waals surface area (Å²) in [5, 5.41) is 3.05. The lowest BCUT2D eigenvalue weighted by molar-refractivity contribution is -0.121. The van der Waals surface area contributed by atoms with Gasteiger partial charge >= 0.3 is 0 Å². The zero-order valence-electron chi connectivity index (χ0n) is 9.18. The van der Waals surface area contributed by atoms with Crippen molar-refractivity contribution in [2.45, 2.75) is 38.5 Å². The van der Waals surface area contributed by atoms with Gasteiger partial charge in [0.05, 0.1) is 0 Å². The Morgan fingerprint density at radius 1 is 1.33 bits per heavy atom. The van der Waals surface area contributed by atoms with Crippen LogP contribution in [0, 0.1) is 17.8 Å². The lowest BCUT2D eigenvalue weighted by atomic mass is 9.89. The van der Waals surface area contributed by atoms with Crippen molar-refractivity contribution < 1.29 is 4.79 Å². The number of nitrogens with one attached hydrogen (secondary N) is 1. The van der Waals surface area contributed by atoms with E-state index in [4.69, 9.17) is 11.6 Å². The van der Waals surface area contributed by atoms with Gasteiger partial charge in [-0.05, 0) is 43.4 Å². The van der Waals surface area contributed by atoms with Crippen LogP contribution in [0.15, 0.2) is 0 Å². The van der Waals surface area contributed by atoms with Crippen LogP contribution in [-0.2, 0) is 4.79 Å². The van der Waals surface area contributed by atoms with E-state index in [9.17, 15) is 4.79 Å². The van der Waals surface area contributed by atoms with Crippen molar-refractivity contribution >= 4 is 17.5 Å². The fourth-order valence-corrected chi connectivity index (χ4v) is 3.32. The number of fused-ring (bicyclic) bond motifs is 2. The zero-order valence-corrected chi connectivity index (χ0v) is 9.93. The number of hydrogen-bond donors (Lipinski definition) is 1. The fourth-order valence-electron chi connectivity index (χ4n) is 3.19. The van der Waals surface area contributed by atoms with E-state index in [2.05, 4.69) is 5.32 Å². The van der Waals surface area contributed by atoms with Crippen LogP contribution < -0.4 is 5.32 Å². The molecule has 0 aliphatic heterocycles. The molecule has 3 atom stereocenters. The average Bonchev–Trinajstić information content (AvgIpc) is 2.84. The van der Waals surface area contributed by atoms with E-state index >= 15 is 0 Å². The van der Waals surface area contributed by atoms with Crippen molar-refractivity contribution in [3.8, 4) is 0 Å². The summed E-state index contributed by atoms with van der Waals surface area (Å²) >= 11 is 5.54. The lowest BCUT2D eigenvalue weighted by Crippen LogP contribution is -2.31. The predicted octanol–water partition coefficient (Wildman–Crippen LogP) is 2.56. The molecule has 2 aliphatic rings. The minimum Gasteiger partial charge on any atom is -0.356 e. The molecule has 2 aliphatic carbocycles. The summed E-state index contributed by atoms with van der Waals surface area (Å²) in [7, 11) is 0. The molecule has 86 valence electrons. The normalized spacial score (nSPS) is 33.3. The Kier molecular flexibility index (Phi) is 3.90. The number of rotatable bonds is 5. The van der Waals surface area contributed by atoms with Crippen molar-refractivity contribution in [1.82, 2.24) is 5.32 Å². The Morgan fingerprint density at radius 3 is 2.80 bits per heavy atom. The summed E-state index contributed by atoms with van der Waals surface area (Å²) in [6.07, 6.45) is 6.98. The van der Waals surface area contributed by atoms with Gasteiger partial charge in [-0.15, -0.1) is 11.6 Å². The van der Waals surface area contributed by atoms with Crippen molar-refractivity contribution in [3.05, 3.63) is 0 Å². The molecular formula is C12H20ClNO. The van der Waals surface area contributed by atoms with Crippen molar-refractivity contribution in [1.29, 1.82) is 0 Å². The second-order valence-electron chi connectivity index (χ2n) is 5.03. The number of carbonyl (C=O) groups is 1. The molecule has 15 heavy (non-hydrogen) atoms. The molecule has 2 nitrogen and oxygen atoms in total. The van der Waals surface area contributed by atoms with Gasteiger partial charge in [-0.25, -0.2) is 0 Å². The van der Waals surface area contributed by atoms with E-state index in [-0.39, 0.29) is 5.91 Å². The molecule has 2 saturated carbocycles. The van der Waals surface area contributed by atoms with E-state index in [0.29, 0.717) is 12.3 Å². The van der Waals surface area contributed by atoms with Gasteiger partial charge in [0.15, 0.2) is 0 Å². The Balaban J connectivity index is 1.64. The minimum atomic E-state index is 0.179. The number of hydrogen-bond acceptors (Lipinski definition) is 1. The van der Waals surface area contributed by atoms with Gasteiger partial charge in [-0.1, -0.05) is 6.42 Å². The molecule has 0 heterocycles. The third-order valence-corrected chi connectivity index (χ3v) is 4.25. The Hall–Kier alpha value is -0.240. The van der Waals surface area contributed by atoms with Crippen LogP contribution >= 0.6 is 11.6 Å². The van der Waals surface area contributed by atoms with Crippen LogP contribution in [0.4, 0.5) is 0 Å². The monoisotopic (exact) mass is 229 g/mol. The fraction of sp³-hybridized carbons (Fsp3) is 0.917. The standard InChI is InChI=1S/C12H20ClNO/c13-5-1-2-12(15)14-8-11-7-9-3-4-10(11)6-9/h9-11H,1-8H2,(H,14,15)/t9-,10+,11-/m1/s1. The average molecular weight is 230 g/mol. The molecule has 0 radical (unpaired) electrons. The van der Waals surface area contributed by atoms with E-state index in [1.54, 1.807) is 0 Å². The second kappa shape index (κ2) is 5.20. The Bertz CT molecular complexity index is 232. The van der Waals surface area contributed by atoms with Crippen LogP contribution in [0.5, 0.6) is 0 Å². The topological polar surface area (TPSA) is 29.1 Å². The summed E-state index contributed by atoms with van der Waals surface area (Å²) < 4.78 is 0. The molecule has 2 fully saturated rings. The van der Waals surface area contributed by atoms with Gasteiger partial charge in [0, 0.05) is 18.8 Å². The second-order valence-corrected chi connectivity index (χ2v) is 5.41. The van der Waals surface area contributed by atoms with E-state index in [0.717, 1.165) is 30.7 Å². The molecule has 2 bridgehead atoms. The molecule has 1 amide bonds. The first-order chi connectivity index (χ1) is 7.29. The van der Waals surface area contributed by atoms with Gasteiger partial charge in [0.25, 0.3) is 0 Å². The van der Waals surface area contributed by atoms with Crippen LogP contribution in [0.1, 0.15) is 38.5 Å². The van der Waals surface area contributed by atoms with Gasteiger partial charge < -0.3 is 5.32 Å². The van der Waals surface area contributed by atoms with Gasteiger partial charge in [-0.3, -0.25) is 4.79 Å². The SMILES string of the molecule is O=C(CCCCl)NC[C@H]1C[C@@H]2CC[C@H]1C2. The Labute approximate surface area is 96.8 Å². The third kappa shape index (κ3) is 2.87. The largest absolute Gasteiger partial charge is 0.356 e. The Morgan fingerprint density at radius 2 is 2.20 bits per heavy atom. The first kappa shape index (κ1) is 11.3. The maximum atomic E-state index is 11.4. The number of amides is 1. The smallest absolute Gasteiger partial charge is 0.220 e. The summed E-state index contributed by atoms with van der Waals surface area (Å²) in [5.41, 5.74) is 0. The first-order valence-corrected chi connectivity index (χ1v) is 6.65. The van der Waals surface area contributed by atoms with Crippen LogP contribution in [0.2, 0.25) is 0 Å². The quantitative estimate of drug-likeness (QED) is 0.722. The van der Waals surface area contributed by atoms with Crippen LogP contribution in [0.3, 0.4) is 0 Å². The van der Waals surface area contributed by atoms with Gasteiger partial charge in [-0.2, -0.15) is 0 Å². The molecule has 0 spiro atoms. The third-order valence-electron chi connectivity index (χ3n) is 3.98. The maximum Gasteiger partial charge on any atom is 0.220 e. The van der Waals surface area contributed by atoms with Gasteiger partial charge in [0.2, 0.25) is 5.91 Å². The molecule has 0 aromatic rings. The van der Waals surface area contributed by atoms with Crippen molar-refractivity contribution in [2.24, 2.45) is 17.8 Å². The summed E-state index contributed by atoms with van der Waals surface area (Å²) in [5.74, 6) is 3.41. The first-order valence-electron chi connectivity index (χ1n) is 6.12. The lowest BCUT2D eigenvalue weighted by Gasteiger charge is -2.21. The zero-order chi connectivity index (χ0) is 10.7. The van der Waals surface area contributed by atoms with Crippen LogP contribution in [0.25, 0.3) is 0 Å². The highest BCUT2D eigenvalue weighted by Gasteiger charge is 2.39. The van der Waals surface area contributed by atoms with E-state index < -0.39 is 0 Å². The molecular weight excluding hydrogens is 210 g/mol. The summed E-state index contributed by atoms with van der Waals surface area (Å²) in [4.78, 5) is 11.4. The highest BCUT2D eigenvalue weighted by atomic mass is 35.5. The molecule has 0 aromatic heterocycles. The molecule has 0 unspecified atom stereocenters. The number of halogens is 1. The summed E-state index contributed by atoms with van der Waals surface area (Å²) in [6.45, 7) is 0.905. The van der Waals surface area contributed by atoms with Crippen LogP contribution in [-0.4, -0.2) is 18.3 Å². The number of alkyl halides is 1. The van der Waals surface area contributed by atoms with E-state index in [1.165, 1.54) is 25.7 Å². The molecule has 1 N–H and O–H groups in total. The molecule has 2 rings (SSSR count). The highest BCUT2D eigenvalue weighted by molar-refractivity contribution is 6.17. The van der Waals surface area contributed by atoms with Crippen molar-refractivity contribution in [3.63, 3.8) is 0 Å². The van der Waals surface area contributed by atoms with Gasteiger partial charge in [0.1, 0.15) is 0 Å². The number of carbonyl (C=O) groups excluding carboxylic acids is 1. The minimum absolute atomic E-state index is 0.179. The van der Waals surface area contributed by atoms with Crippen molar-refractivity contribution in [2.75, 3.05) is 12.4 Å². The molecule has 3 heteroatoms. The van der Waals surface area contributed by atoms with E-state index in [1.807, 2.05) is 0 Å². The molecule has 0 aromatic carbocycles. The maximum absolute atomic E-state index is 11.4.